The third-order valence-electron chi connectivity index (χ3n) is 8.56. The number of ether oxygens (including phenoxy) is 1. The first-order valence-corrected chi connectivity index (χ1v) is 13.3. The van der Waals surface area contributed by atoms with Gasteiger partial charge in [-0.25, -0.2) is 0 Å². The van der Waals surface area contributed by atoms with Crippen molar-refractivity contribution in [3.8, 4) is 11.8 Å². The smallest absolute Gasteiger partial charge is 0.305 e. The maximum absolute atomic E-state index is 10.7. The molecule has 1 unspecified atom stereocenters. The number of rotatable bonds is 7. The molecule has 0 aromatic rings. The highest BCUT2D eigenvalue weighted by Gasteiger charge is 2.50. The summed E-state index contributed by atoms with van der Waals surface area (Å²) in [5, 5.41) is 40.0. The van der Waals surface area contributed by atoms with Crippen molar-refractivity contribution in [1.82, 2.24) is 0 Å². The van der Waals surface area contributed by atoms with Gasteiger partial charge in [0.05, 0.1) is 19.1 Å². The van der Waals surface area contributed by atoms with Crippen molar-refractivity contribution in [1.29, 1.82) is 0 Å². The summed E-state index contributed by atoms with van der Waals surface area (Å²) in [5.41, 5.74) is 2.05. The molecule has 0 aromatic carbocycles. The van der Waals surface area contributed by atoms with E-state index in [2.05, 4.69) is 38.3 Å². The van der Waals surface area contributed by atoms with E-state index < -0.39 is 29.9 Å². The molecular formula is C30H44O6. The molecule has 3 saturated carbocycles. The normalized spacial score (nSPS) is 35.9. The van der Waals surface area contributed by atoms with Crippen LogP contribution < -0.4 is 0 Å². The molecule has 36 heavy (non-hydrogen) atoms. The van der Waals surface area contributed by atoms with E-state index in [1.165, 1.54) is 18.4 Å². The molecule has 3 rings (SSSR count). The van der Waals surface area contributed by atoms with Crippen molar-refractivity contribution in [2.45, 2.75) is 103 Å². The quantitative estimate of drug-likeness (QED) is 0.386. The Morgan fingerprint density at radius 3 is 2.69 bits per heavy atom. The van der Waals surface area contributed by atoms with Gasteiger partial charge in [0.2, 0.25) is 0 Å². The highest BCUT2D eigenvalue weighted by molar-refractivity contribution is 5.66. The van der Waals surface area contributed by atoms with Crippen molar-refractivity contribution in [3.05, 3.63) is 35.5 Å². The van der Waals surface area contributed by atoms with Crippen molar-refractivity contribution < 1.29 is 30.0 Å². The van der Waals surface area contributed by atoms with Gasteiger partial charge in [-0.05, 0) is 80.3 Å². The minimum Gasteiger partial charge on any atom is -0.481 e. The summed E-state index contributed by atoms with van der Waals surface area (Å²) in [7, 11) is 0. The van der Waals surface area contributed by atoms with Gasteiger partial charge in [0.15, 0.2) is 0 Å². The highest BCUT2D eigenvalue weighted by Crippen LogP contribution is 2.59. The van der Waals surface area contributed by atoms with E-state index in [-0.39, 0.29) is 18.4 Å². The molecule has 3 aliphatic rings. The SMILES string of the molecule is C=C1/C(=C\C=C2/CCC[C@@]3(C)C2CC[C@@H]3[C@H](C)CC#CC(C)(C)O)C[C@@H](O)[C@H](OCCC(=O)O)[C@@H]1O. The van der Waals surface area contributed by atoms with E-state index >= 15 is 0 Å². The van der Waals surface area contributed by atoms with Gasteiger partial charge in [-0.2, -0.15) is 0 Å². The van der Waals surface area contributed by atoms with Gasteiger partial charge >= 0.3 is 5.97 Å². The number of hydrogen-bond donors (Lipinski definition) is 4. The van der Waals surface area contributed by atoms with Crippen molar-refractivity contribution in [2.75, 3.05) is 6.61 Å². The third-order valence-corrected chi connectivity index (χ3v) is 8.56. The molecule has 0 amide bonds. The Hall–Kier alpha value is -1.91. The number of carboxylic acids is 1. The lowest BCUT2D eigenvalue weighted by Gasteiger charge is -2.44. The fourth-order valence-corrected chi connectivity index (χ4v) is 6.72. The molecule has 0 heterocycles. The number of carboxylic acid groups (broad SMARTS) is 1. The van der Waals surface area contributed by atoms with Gasteiger partial charge in [0.1, 0.15) is 17.8 Å². The molecule has 4 N–H and O–H groups in total. The first-order chi connectivity index (χ1) is 16.8. The Bertz CT molecular complexity index is 945. The van der Waals surface area contributed by atoms with Crippen LogP contribution in [0.25, 0.3) is 0 Å². The molecule has 3 aliphatic carbocycles. The van der Waals surface area contributed by atoms with Crippen LogP contribution in [0.2, 0.25) is 0 Å². The first kappa shape index (κ1) is 28.7. The Morgan fingerprint density at radius 2 is 2.03 bits per heavy atom. The molecule has 6 nitrogen and oxygen atoms in total. The monoisotopic (exact) mass is 500 g/mol. The Balaban J connectivity index is 1.70. The standard InChI is InChI=1S/C30H44O6/c1-19(8-6-15-29(3,4)35)23-12-13-24-21(9-7-16-30(23,24)5)10-11-22-18-25(31)28(27(34)20(22)2)36-17-14-26(32)33/h10-11,19,23-25,27-28,31,34-35H,2,7-9,12-14,16-18H2,1,3-5H3,(H,32,33)/b21-10+,22-11-/t19-,23-,24?,25-,27-,28+,30-/m1/s1. The molecule has 3 fully saturated rings. The van der Waals surface area contributed by atoms with Crippen LogP contribution in [0.3, 0.4) is 0 Å². The largest absolute Gasteiger partial charge is 0.481 e. The van der Waals surface area contributed by atoms with Crippen LogP contribution in [0.15, 0.2) is 35.5 Å². The topological polar surface area (TPSA) is 107 Å². The third kappa shape index (κ3) is 6.69. The van der Waals surface area contributed by atoms with Crippen LogP contribution in [0.1, 0.15) is 79.1 Å². The predicted octanol–water partition coefficient (Wildman–Crippen LogP) is 4.40. The lowest BCUT2D eigenvalue weighted by Crippen LogP contribution is -2.45. The predicted molar refractivity (Wildman–Crippen MR) is 140 cm³/mol. The van der Waals surface area contributed by atoms with Crippen LogP contribution in [-0.4, -0.2) is 56.9 Å². The van der Waals surface area contributed by atoms with E-state index in [9.17, 15) is 20.1 Å². The minimum absolute atomic E-state index is 0.0618. The highest BCUT2D eigenvalue weighted by atomic mass is 16.5. The molecule has 200 valence electrons. The maximum Gasteiger partial charge on any atom is 0.305 e. The van der Waals surface area contributed by atoms with Gasteiger partial charge in [0.25, 0.3) is 0 Å². The van der Waals surface area contributed by atoms with E-state index in [0.29, 0.717) is 29.7 Å². The lowest BCUT2D eigenvalue weighted by atomic mass is 9.61. The van der Waals surface area contributed by atoms with Crippen molar-refractivity contribution in [2.24, 2.45) is 23.2 Å². The van der Waals surface area contributed by atoms with Crippen molar-refractivity contribution in [3.63, 3.8) is 0 Å². The molecule has 0 bridgehead atoms. The van der Waals surface area contributed by atoms with E-state index in [1.807, 2.05) is 6.08 Å². The molecule has 0 spiro atoms. The van der Waals surface area contributed by atoms with Crippen LogP contribution in [0.4, 0.5) is 0 Å². The summed E-state index contributed by atoms with van der Waals surface area (Å²) in [4.78, 5) is 10.7. The van der Waals surface area contributed by atoms with E-state index in [4.69, 9.17) is 9.84 Å². The number of aliphatic carboxylic acids is 1. The number of hydrogen-bond acceptors (Lipinski definition) is 5. The number of carbonyl (C=O) groups is 1. The summed E-state index contributed by atoms with van der Waals surface area (Å²) in [6, 6.07) is 0. The Labute approximate surface area is 216 Å². The fourth-order valence-electron chi connectivity index (χ4n) is 6.72. The van der Waals surface area contributed by atoms with Crippen LogP contribution in [0.5, 0.6) is 0 Å². The molecule has 0 saturated heterocycles. The second kappa shape index (κ2) is 11.6. The second-order valence-electron chi connectivity index (χ2n) is 11.8. The number of aliphatic hydroxyl groups is 3. The minimum atomic E-state index is -1.06. The van der Waals surface area contributed by atoms with Crippen LogP contribution >= 0.6 is 0 Å². The summed E-state index contributed by atoms with van der Waals surface area (Å²) in [5.74, 6) is 6.75. The lowest BCUT2D eigenvalue weighted by molar-refractivity contribution is -0.141. The van der Waals surface area contributed by atoms with Gasteiger partial charge < -0.3 is 25.2 Å². The van der Waals surface area contributed by atoms with Crippen LogP contribution in [-0.2, 0) is 9.53 Å². The number of aliphatic hydroxyl groups excluding tert-OH is 2. The Morgan fingerprint density at radius 1 is 1.31 bits per heavy atom. The second-order valence-corrected chi connectivity index (χ2v) is 11.8. The van der Waals surface area contributed by atoms with E-state index in [0.717, 1.165) is 31.3 Å². The molecular weight excluding hydrogens is 456 g/mol. The van der Waals surface area contributed by atoms with Crippen LogP contribution in [0, 0.1) is 35.0 Å². The zero-order valence-corrected chi connectivity index (χ0v) is 22.3. The van der Waals surface area contributed by atoms with Gasteiger partial charge in [0, 0.05) is 12.8 Å². The zero-order valence-electron chi connectivity index (χ0n) is 22.3. The molecule has 7 atom stereocenters. The summed E-state index contributed by atoms with van der Waals surface area (Å²) in [6.07, 6.45) is 8.04. The number of allylic oxidation sites excluding steroid dienone is 3. The molecule has 0 aliphatic heterocycles. The fraction of sp³-hybridized carbons (Fsp3) is 0.700. The summed E-state index contributed by atoms with van der Waals surface area (Å²) < 4.78 is 5.47. The summed E-state index contributed by atoms with van der Waals surface area (Å²) in [6.45, 7) is 12.1. The summed E-state index contributed by atoms with van der Waals surface area (Å²) >= 11 is 0. The first-order valence-electron chi connectivity index (χ1n) is 13.3. The Kier molecular flexibility index (Phi) is 9.27. The zero-order chi connectivity index (χ0) is 26.7. The average Bonchev–Trinajstić information content (AvgIpc) is 3.14. The molecule has 0 aromatic heterocycles. The van der Waals surface area contributed by atoms with E-state index in [1.54, 1.807) is 13.8 Å². The average molecular weight is 501 g/mol. The number of fused-ring (bicyclic) bond motifs is 1. The molecule has 0 radical (unpaired) electrons. The van der Waals surface area contributed by atoms with Gasteiger partial charge in [-0.15, -0.1) is 5.92 Å². The maximum atomic E-state index is 10.7. The van der Waals surface area contributed by atoms with Gasteiger partial charge in [-0.3, -0.25) is 4.79 Å². The molecule has 6 heteroatoms. The van der Waals surface area contributed by atoms with Crippen molar-refractivity contribution >= 4 is 5.97 Å². The van der Waals surface area contributed by atoms with Gasteiger partial charge in [-0.1, -0.05) is 44.1 Å².